The minimum Gasteiger partial charge on any atom is -0.497 e. The molecule has 0 aromatic heterocycles. The smallest absolute Gasteiger partial charge is 0.254 e. The average Bonchev–Trinajstić information content (AvgIpc) is 3.20. The Morgan fingerprint density at radius 1 is 0.585 bits per heavy atom. The van der Waals surface area contributed by atoms with Gasteiger partial charge in [0.15, 0.2) is 0 Å². The summed E-state index contributed by atoms with van der Waals surface area (Å²) in [5.41, 5.74) is 2.25. The molecule has 5 aromatic rings. The molecule has 4 amide bonds. The zero-order chi connectivity index (χ0) is 37.9. The van der Waals surface area contributed by atoms with E-state index in [2.05, 4.69) is 10.6 Å². The van der Waals surface area contributed by atoms with Crippen molar-refractivity contribution >= 4 is 35.0 Å². The van der Waals surface area contributed by atoms with Gasteiger partial charge in [0.05, 0.1) is 19.8 Å². The number of benzene rings is 5. The normalized spacial score (nSPS) is 11.8. The Morgan fingerprint density at radius 3 is 1.42 bits per heavy atom. The lowest BCUT2D eigenvalue weighted by Gasteiger charge is -2.26. The van der Waals surface area contributed by atoms with Gasteiger partial charge in [-0.15, -0.1) is 0 Å². The summed E-state index contributed by atoms with van der Waals surface area (Å²) in [6.07, 6.45) is 0.296. The second-order valence-corrected chi connectivity index (χ2v) is 12.3. The second-order valence-electron chi connectivity index (χ2n) is 12.3. The molecule has 0 spiro atoms. The Hall–Kier alpha value is -6.49. The van der Waals surface area contributed by atoms with E-state index >= 15 is 4.39 Å². The maximum absolute atomic E-state index is 15.3. The van der Waals surface area contributed by atoms with Crippen molar-refractivity contribution in [1.29, 1.82) is 0 Å². The van der Waals surface area contributed by atoms with Crippen LogP contribution in [0.15, 0.2) is 127 Å². The number of halogens is 1. The van der Waals surface area contributed by atoms with Gasteiger partial charge in [-0.05, 0) is 77.9 Å². The number of anilines is 2. The molecular weight excluding hydrogens is 675 g/mol. The summed E-state index contributed by atoms with van der Waals surface area (Å²) in [6.45, 7) is 0. The quantitative estimate of drug-likeness (QED) is 0.149. The third kappa shape index (κ3) is 9.65. The van der Waals surface area contributed by atoms with E-state index in [0.717, 1.165) is 23.3 Å². The van der Waals surface area contributed by atoms with E-state index in [1.807, 2.05) is 60.7 Å². The number of hydrogen-bond donors (Lipinski definition) is 2. The molecule has 272 valence electrons. The van der Waals surface area contributed by atoms with Crippen molar-refractivity contribution < 1.29 is 33.0 Å². The molecule has 2 atom stereocenters. The van der Waals surface area contributed by atoms with Crippen molar-refractivity contribution in [3.05, 3.63) is 155 Å². The summed E-state index contributed by atoms with van der Waals surface area (Å²) in [4.78, 5) is 57.9. The van der Waals surface area contributed by atoms with Gasteiger partial charge in [-0.1, -0.05) is 60.7 Å². The van der Waals surface area contributed by atoms with Crippen LogP contribution in [0.2, 0.25) is 0 Å². The van der Waals surface area contributed by atoms with E-state index in [1.165, 1.54) is 23.0 Å². The predicted molar refractivity (Wildman–Crippen MR) is 202 cm³/mol. The molecule has 5 aromatic carbocycles. The second kappa shape index (κ2) is 17.6. The molecule has 53 heavy (non-hydrogen) atoms. The van der Waals surface area contributed by atoms with Crippen LogP contribution in [0, 0.1) is 5.82 Å². The van der Waals surface area contributed by atoms with Crippen molar-refractivity contribution in [1.82, 2.24) is 10.6 Å². The van der Waals surface area contributed by atoms with Crippen LogP contribution in [0.25, 0.3) is 0 Å². The van der Waals surface area contributed by atoms with E-state index in [-0.39, 0.29) is 18.4 Å². The number of methoxy groups -OCH3 is 2. The number of ether oxygens (including phenoxy) is 2. The molecule has 0 aliphatic carbocycles. The Kier molecular flexibility index (Phi) is 12.6. The Morgan fingerprint density at radius 2 is 1.00 bits per heavy atom. The van der Waals surface area contributed by atoms with E-state index in [1.54, 1.807) is 69.7 Å². The molecule has 0 saturated heterocycles. The first-order valence-electron chi connectivity index (χ1n) is 16.9. The third-order valence-corrected chi connectivity index (χ3v) is 8.83. The number of hydrogen-bond acceptors (Lipinski definition) is 6. The van der Waals surface area contributed by atoms with Crippen LogP contribution in [0.1, 0.15) is 31.8 Å². The molecule has 10 nitrogen and oxygen atoms in total. The van der Waals surface area contributed by atoms with Gasteiger partial charge in [-0.25, -0.2) is 4.39 Å². The lowest BCUT2D eigenvalue weighted by Crippen LogP contribution is -2.49. The van der Waals surface area contributed by atoms with Gasteiger partial charge in [0.1, 0.15) is 29.4 Å². The molecule has 0 radical (unpaired) electrons. The molecule has 0 heterocycles. The SMILES string of the molecule is COc1ccc(N(C)C(=O)C(Cc2ccccc2)NC(=O)c2cc(C(=O)N[C@@H](Cc3ccccc3)C(=O)N(C)c3ccc(OC)cc3)ccc2F)cc1. The highest BCUT2D eigenvalue weighted by molar-refractivity contribution is 6.05. The zero-order valence-electron chi connectivity index (χ0n) is 29.9. The molecule has 0 fully saturated rings. The maximum atomic E-state index is 15.3. The first-order chi connectivity index (χ1) is 25.6. The average molecular weight is 717 g/mol. The van der Waals surface area contributed by atoms with Crippen LogP contribution < -0.4 is 29.9 Å². The fourth-order valence-electron chi connectivity index (χ4n) is 5.75. The van der Waals surface area contributed by atoms with Crippen molar-refractivity contribution in [3.63, 3.8) is 0 Å². The topological polar surface area (TPSA) is 117 Å². The van der Waals surface area contributed by atoms with E-state index in [4.69, 9.17) is 9.47 Å². The molecule has 2 N–H and O–H groups in total. The monoisotopic (exact) mass is 716 g/mol. The molecular formula is C42H41FN4O6. The number of carbonyl (C=O) groups is 4. The Bertz CT molecular complexity index is 2030. The van der Waals surface area contributed by atoms with Gasteiger partial charge in [-0.2, -0.15) is 0 Å². The van der Waals surface area contributed by atoms with Gasteiger partial charge in [0, 0.05) is 43.9 Å². The van der Waals surface area contributed by atoms with Crippen LogP contribution >= 0.6 is 0 Å². The molecule has 0 aliphatic rings. The molecule has 0 aliphatic heterocycles. The van der Waals surface area contributed by atoms with Crippen LogP contribution in [-0.4, -0.2) is 64.0 Å². The van der Waals surface area contributed by atoms with Crippen molar-refractivity contribution in [3.8, 4) is 11.5 Å². The highest BCUT2D eigenvalue weighted by Gasteiger charge is 2.29. The highest BCUT2D eigenvalue weighted by Crippen LogP contribution is 2.22. The fourth-order valence-corrected chi connectivity index (χ4v) is 5.75. The van der Waals surface area contributed by atoms with Crippen LogP contribution in [0.4, 0.5) is 15.8 Å². The fraction of sp³-hybridized carbons (Fsp3) is 0.190. The lowest BCUT2D eigenvalue weighted by molar-refractivity contribution is -0.120. The number of amides is 4. The van der Waals surface area contributed by atoms with Gasteiger partial charge < -0.3 is 29.9 Å². The first-order valence-corrected chi connectivity index (χ1v) is 16.9. The number of rotatable bonds is 14. The predicted octanol–water partition coefficient (Wildman–Crippen LogP) is 5.85. The minimum absolute atomic E-state index is 0.0456. The lowest BCUT2D eigenvalue weighted by atomic mass is 10.0. The molecule has 0 saturated carbocycles. The summed E-state index contributed by atoms with van der Waals surface area (Å²) in [5.74, 6) is -2.05. The summed E-state index contributed by atoms with van der Waals surface area (Å²) in [5, 5.41) is 5.49. The molecule has 1 unspecified atom stereocenters. The summed E-state index contributed by atoms with van der Waals surface area (Å²) in [6, 6.07) is 33.4. The third-order valence-electron chi connectivity index (χ3n) is 8.83. The maximum Gasteiger partial charge on any atom is 0.254 e. The Labute approximate surface area is 308 Å². The van der Waals surface area contributed by atoms with Gasteiger partial charge in [-0.3, -0.25) is 19.2 Å². The zero-order valence-corrected chi connectivity index (χ0v) is 29.9. The van der Waals surface area contributed by atoms with Crippen molar-refractivity contribution in [2.45, 2.75) is 24.9 Å². The van der Waals surface area contributed by atoms with Crippen LogP contribution in [0.3, 0.4) is 0 Å². The van der Waals surface area contributed by atoms with Crippen LogP contribution in [0.5, 0.6) is 11.5 Å². The standard InChI is InChI=1S/C42H41FN4O6/c1-46(31-16-20-33(52-3)21-17-31)41(50)37(25-28-11-7-5-8-12-28)44-39(48)30-15-24-36(43)35(27-30)40(49)45-38(26-29-13-9-6-10-14-29)42(51)47(2)32-18-22-34(53-4)23-19-32/h5-24,27,37-38H,25-26H2,1-4H3,(H,44,48)(H,45,49)/t37-,38?/m0/s1. The summed E-state index contributed by atoms with van der Waals surface area (Å²) < 4.78 is 25.8. The van der Waals surface area contributed by atoms with E-state index in [9.17, 15) is 19.2 Å². The van der Waals surface area contributed by atoms with Gasteiger partial charge in [0.2, 0.25) is 11.8 Å². The van der Waals surface area contributed by atoms with E-state index in [0.29, 0.717) is 22.9 Å². The van der Waals surface area contributed by atoms with Gasteiger partial charge in [0.25, 0.3) is 11.8 Å². The van der Waals surface area contributed by atoms with E-state index < -0.39 is 47.1 Å². The molecule has 11 heteroatoms. The summed E-state index contributed by atoms with van der Waals surface area (Å²) >= 11 is 0. The first kappa shape index (κ1) is 37.8. The summed E-state index contributed by atoms with van der Waals surface area (Å²) in [7, 11) is 6.27. The molecule has 5 rings (SSSR count). The van der Waals surface area contributed by atoms with Crippen molar-refractivity contribution in [2.24, 2.45) is 0 Å². The number of carbonyl (C=O) groups excluding carboxylic acids is 4. The number of nitrogens with zero attached hydrogens (tertiary/aromatic N) is 2. The largest absolute Gasteiger partial charge is 0.497 e. The Balaban J connectivity index is 1.38. The van der Waals surface area contributed by atoms with Crippen LogP contribution in [-0.2, 0) is 22.4 Å². The van der Waals surface area contributed by atoms with Crippen molar-refractivity contribution in [2.75, 3.05) is 38.1 Å². The minimum atomic E-state index is -1.09. The number of nitrogens with one attached hydrogen (secondary N) is 2. The number of likely N-dealkylation sites (N-methyl/N-ethyl adjacent to an activating group) is 2. The van der Waals surface area contributed by atoms with Gasteiger partial charge >= 0.3 is 0 Å². The molecule has 0 bridgehead atoms. The highest BCUT2D eigenvalue weighted by atomic mass is 19.1.